The van der Waals surface area contributed by atoms with Gasteiger partial charge >= 0.3 is 0 Å². The molecular weight excluding hydrogens is 305 g/mol. The van der Waals surface area contributed by atoms with Crippen molar-refractivity contribution in [3.8, 4) is 11.6 Å². The molecule has 0 aliphatic carbocycles. The zero-order chi connectivity index (χ0) is 13.8. The third-order valence-electron chi connectivity index (χ3n) is 2.23. The summed E-state index contributed by atoms with van der Waals surface area (Å²) >= 11 is 13.3. The van der Waals surface area contributed by atoms with E-state index in [1.165, 1.54) is 11.8 Å². The van der Waals surface area contributed by atoms with Crippen LogP contribution < -0.4 is 10.1 Å². The molecule has 4 nitrogen and oxygen atoms in total. The van der Waals surface area contributed by atoms with Crippen LogP contribution in [0.25, 0.3) is 0 Å². The van der Waals surface area contributed by atoms with Crippen LogP contribution in [0.3, 0.4) is 0 Å². The zero-order valence-corrected chi connectivity index (χ0v) is 12.6. The lowest BCUT2D eigenvalue weighted by atomic mass is 10.3. The molecule has 1 N–H and O–H groups in total. The lowest BCUT2D eigenvalue weighted by molar-refractivity contribution is 0.456. The van der Waals surface area contributed by atoms with Gasteiger partial charge in [0.05, 0.1) is 5.02 Å². The molecule has 0 unspecified atom stereocenters. The number of hydrogen-bond donors (Lipinski definition) is 1. The molecule has 100 valence electrons. The minimum atomic E-state index is 0.424. The summed E-state index contributed by atoms with van der Waals surface area (Å²) < 4.78 is 5.65. The van der Waals surface area contributed by atoms with E-state index in [1.54, 1.807) is 31.3 Å². The fourth-order valence-corrected chi connectivity index (χ4v) is 2.16. The van der Waals surface area contributed by atoms with Crippen molar-refractivity contribution < 1.29 is 4.74 Å². The molecule has 0 amide bonds. The van der Waals surface area contributed by atoms with Crippen LogP contribution in [0, 0.1) is 0 Å². The fourth-order valence-electron chi connectivity index (χ4n) is 1.35. The zero-order valence-electron chi connectivity index (χ0n) is 10.3. The molecule has 7 heteroatoms. The SMILES string of the molecule is CNc1cc(Oc2ccc(Cl)cc2Cl)nc(SC)n1. The topological polar surface area (TPSA) is 47.0 Å². The van der Waals surface area contributed by atoms with E-state index in [9.17, 15) is 0 Å². The molecule has 0 fully saturated rings. The number of rotatable bonds is 4. The number of aromatic nitrogens is 2. The second kappa shape index (κ2) is 6.32. The molecule has 0 saturated carbocycles. The molecule has 0 atom stereocenters. The van der Waals surface area contributed by atoms with Crippen LogP contribution in [-0.4, -0.2) is 23.3 Å². The third kappa shape index (κ3) is 3.65. The fraction of sp³-hybridized carbons (Fsp3) is 0.167. The molecule has 19 heavy (non-hydrogen) atoms. The number of halogens is 2. The number of anilines is 1. The molecule has 0 aliphatic rings. The van der Waals surface area contributed by atoms with E-state index in [1.807, 2.05) is 6.26 Å². The van der Waals surface area contributed by atoms with Crippen molar-refractivity contribution in [2.45, 2.75) is 5.16 Å². The number of nitrogens with one attached hydrogen (secondary N) is 1. The molecule has 0 spiro atoms. The Labute approximate surface area is 125 Å². The van der Waals surface area contributed by atoms with Crippen molar-refractivity contribution in [3.63, 3.8) is 0 Å². The maximum Gasteiger partial charge on any atom is 0.225 e. The van der Waals surface area contributed by atoms with Gasteiger partial charge in [-0.05, 0) is 24.5 Å². The summed E-state index contributed by atoms with van der Waals surface area (Å²) in [5.41, 5.74) is 0. The van der Waals surface area contributed by atoms with Crippen molar-refractivity contribution in [3.05, 3.63) is 34.3 Å². The predicted octanol–water partition coefficient (Wildman–Crippen LogP) is 4.34. The second-order valence-electron chi connectivity index (χ2n) is 3.50. The van der Waals surface area contributed by atoms with E-state index < -0.39 is 0 Å². The van der Waals surface area contributed by atoms with Crippen LogP contribution in [0.5, 0.6) is 11.6 Å². The van der Waals surface area contributed by atoms with Crippen LogP contribution in [0.2, 0.25) is 10.0 Å². The molecule has 0 saturated heterocycles. The Kier molecular flexibility index (Phi) is 4.74. The smallest absolute Gasteiger partial charge is 0.225 e. The van der Waals surface area contributed by atoms with Gasteiger partial charge in [-0.25, -0.2) is 4.98 Å². The molecule has 1 aromatic carbocycles. The summed E-state index contributed by atoms with van der Waals surface area (Å²) in [4.78, 5) is 8.51. The van der Waals surface area contributed by atoms with Gasteiger partial charge in [0.1, 0.15) is 11.6 Å². The Balaban J connectivity index is 2.31. The normalized spacial score (nSPS) is 10.3. The number of nitrogens with zero attached hydrogens (tertiary/aromatic N) is 2. The summed E-state index contributed by atoms with van der Waals surface area (Å²) in [6, 6.07) is 6.72. The summed E-state index contributed by atoms with van der Waals surface area (Å²) in [5, 5.41) is 4.56. The number of hydrogen-bond acceptors (Lipinski definition) is 5. The molecular formula is C12H11Cl2N3OS. The summed E-state index contributed by atoms with van der Waals surface area (Å²) in [7, 11) is 1.78. The Morgan fingerprint density at radius 3 is 2.63 bits per heavy atom. The number of ether oxygens (including phenoxy) is 1. The minimum absolute atomic E-state index is 0.424. The first-order chi connectivity index (χ1) is 9.12. The van der Waals surface area contributed by atoms with Crippen molar-refractivity contribution in [1.29, 1.82) is 0 Å². The lowest BCUT2D eigenvalue weighted by Crippen LogP contribution is -1.98. The van der Waals surface area contributed by atoms with E-state index in [0.29, 0.717) is 32.6 Å². The number of thioether (sulfide) groups is 1. The second-order valence-corrected chi connectivity index (χ2v) is 5.12. The summed E-state index contributed by atoms with van der Waals surface area (Å²) in [5.74, 6) is 1.60. The maximum absolute atomic E-state index is 6.05. The predicted molar refractivity (Wildman–Crippen MR) is 79.9 cm³/mol. The Bertz CT molecular complexity index is 573. The van der Waals surface area contributed by atoms with Gasteiger partial charge in [-0.15, -0.1) is 0 Å². The highest BCUT2D eigenvalue weighted by atomic mass is 35.5. The highest BCUT2D eigenvalue weighted by molar-refractivity contribution is 7.98. The Morgan fingerprint density at radius 2 is 2.00 bits per heavy atom. The average molecular weight is 316 g/mol. The van der Waals surface area contributed by atoms with Crippen LogP contribution in [0.4, 0.5) is 5.82 Å². The molecule has 0 radical (unpaired) electrons. The first-order valence-corrected chi connectivity index (χ1v) is 7.34. The van der Waals surface area contributed by atoms with Crippen molar-refractivity contribution >= 4 is 40.8 Å². The average Bonchev–Trinajstić information content (AvgIpc) is 2.41. The van der Waals surface area contributed by atoms with E-state index in [2.05, 4.69) is 15.3 Å². The van der Waals surface area contributed by atoms with E-state index in [4.69, 9.17) is 27.9 Å². The van der Waals surface area contributed by atoms with Crippen molar-refractivity contribution in [2.24, 2.45) is 0 Å². The van der Waals surface area contributed by atoms with E-state index in [-0.39, 0.29) is 0 Å². The van der Waals surface area contributed by atoms with E-state index in [0.717, 1.165) is 0 Å². The third-order valence-corrected chi connectivity index (χ3v) is 3.31. The molecule has 2 aromatic rings. The quantitative estimate of drug-likeness (QED) is 0.671. The Morgan fingerprint density at radius 1 is 1.21 bits per heavy atom. The van der Waals surface area contributed by atoms with Gasteiger partial charge in [0, 0.05) is 18.1 Å². The van der Waals surface area contributed by atoms with Gasteiger partial charge in [-0.2, -0.15) is 4.98 Å². The largest absolute Gasteiger partial charge is 0.437 e. The minimum Gasteiger partial charge on any atom is -0.437 e. The van der Waals surface area contributed by atoms with Crippen LogP contribution in [0.15, 0.2) is 29.4 Å². The molecule has 0 bridgehead atoms. The standard InChI is InChI=1S/C12H11Cl2N3OS/c1-15-10-6-11(17-12(16-10)19-2)18-9-4-3-7(13)5-8(9)14/h3-6H,1-2H3,(H,15,16,17). The highest BCUT2D eigenvalue weighted by Gasteiger charge is 2.08. The Hall–Kier alpha value is -1.17. The molecule has 1 aromatic heterocycles. The van der Waals surface area contributed by atoms with Crippen molar-refractivity contribution in [2.75, 3.05) is 18.6 Å². The van der Waals surface area contributed by atoms with Crippen LogP contribution >= 0.6 is 35.0 Å². The molecule has 1 heterocycles. The highest BCUT2D eigenvalue weighted by Crippen LogP contribution is 2.31. The van der Waals surface area contributed by atoms with Gasteiger partial charge < -0.3 is 10.1 Å². The van der Waals surface area contributed by atoms with Crippen molar-refractivity contribution in [1.82, 2.24) is 9.97 Å². The first-order valence-electron chi connectivity index (χ1n) is 5.36. The molecule has 0 aliphatic heterocycles. The monoisotopic (exact) mass is 315 g/mol. The van der Waals surface area contributed by atoms with Gasteiger partial charge in [-0.3, -0.25) is 0 Å². The van der Waals surface area contributed by atoms with Gasteiger partial charge in [0.15, 0.2) is 5.16 Å². The van der Waals surface area contributed by atoms with Crippen LogP contribution in [0.1, 0.15) is 0 Å². The van der Waals surface area contributed by atoms with Gasteiger partial charge in [0.25, 0.3) is 0 Å². The number of benzene rings is 1. The maximum atomic E-state index is 6.05. The molecule has 2 rings (SSSR count). The summed E-state index contributed by atoms with van der Waals surface area (Å²) in [6.45, 7) is 0. The van der Waals surface area contributed by atoms with Crippen LogP contribution in [-0.2, 0) is 0 Å². The first kappa shape index (κ1) is 14.2. The lowest BCUT2D eigenvalue weighted by Gasteiger charge is -2.09. The van der Waals surface area contributed by atoms with E-state index >= 15 is 0 Å². The summed E-state index contributed by atoms with van der Waals surface area (Å²) in [6.07, 6.45) is 1.90. The van der Waals surface area contributed by atoms with Gasteiger partial charge in [-0.1, -0.05) is 35.0 Å². The van der Waals surface area contributed by atoms with Gasteiger partial charge in [0.2, 0.25) is 5.88 Å².